The van der Waals surface area contributed by atoms with Crippen LogP contribution in [0, 0.1) is 0 Å². The number of primary amides is 2. The minimum atomic E-state index is -0.792. The maximum Gasteiger partial charge on any atom is 0.317 e. The summed E-state index contributed by atoms with van der Waals surface area (Å²) in [5.41, 5.74) is 19.3. The minimum Gasteiger partial charge on any atom is -0.397 e. The molecule has 8 N–H and O–H groups in total. The molecule has 8 heteroatoms. The van der Waals surface area contributed by atoms with Crippen LogP contribution in [-0.2, 0) is 0 Å². The van der Waals surface area contributed by atoms with Crippen molar-refractivity contribution in [2.75, 3.05) is 11.1 Å². The first-order valence-corrected chi connectivity index (χ1v) is 6.68. The van der Waals surface area contributed by atoms with E-state index in [0.717, 1.165) is 11.1 Å². The van der Waals surface area contributed by atoms with E-state index >= 15 is 0 Å². The molecule has 23 heavy (non-hydrogen) atoms. The van der Waals surface area contributed by atoms with Gasteiger partial charge in [0.1, 0.15) is 5.82 Å². The van der Waals surface area contributed by atoms with E-state index in [9.17, 15) is 9.59 Å². The first kappa shape index (κ1) is 14.4. The highest BCUT2D eigenvalue weighted by Crippen LogP contribution is 2.30. The number of carbonyl (C=O) groups is 2. The topological polar surface area (TPSA) is 153 Å². The molecule has 3 rings (SSSR count). The number of carbonyl (C=O) groups excluding carboxylic acids is 2. The van der Waals surface area contributed by atoms with Gasteiger partial charge in [-0.2, -0.15) is 0 Å². The molecule has 0 saturated heterocycles. The number of aromatic amines is 1. The fraction of sp³-hybridized carbons (Fsp3) is 0. The number of nitrogens with one attached hydrogen (secondary N) is 2. The molecule has 1 aromatic carbocycles. The van der Waals surface area contributed by atoms with Gasteiger partial charge in [-0.15, -0.1) is 0 Å². The molecule has 3 amide bonds. The predicted molar refractivity (Wildman–Crippen MR) is 87.7 cm³/mol. The van der Waals surface area contributed by atoms with Crippen molar-refractivity contribution in [1.82, 2.24) is 9.97 Å². The highest BCUT2D eigenvalue weighted by Gasteiger charge is 2.17. The normalized spacial score (nSPS) is 10.6. The summed E-state index contributed by atoms with van der Waals surface area (Å²) in [6.45, 7) is 0. The van der Waals surface area contributed by atoms with Crippen molar-refractivity contribution in [3.63, 3.8) is 0 Å². The average Bonchev–Trinajstić information content (AvgIpc) is 2.83. The highest BCUT2D eigenvalue weighted by atomic mass is 16.2. The number of urea groups is 1. The lowest BCUT2D eigenvalue weighted by Gasteiger charge is -2.03. The number of nitrogens with two attached hydrogens (primary N) is 3. The number of hydrogen-bond acceptors (Lipinski definition) is 4. The summed E-state index contributed by atoms with van der Waals surface area (Å²) in [6, 6.07) is 6.35. The van der Waals surface area contributed by atoms with Gasteiger partial charge in [0.15, 0.2) is 0 Å². The maximum absolute atomic E-state index is 11.7. The molecule has 2 aromatic heterocycles. The molecule has 0 aliphatic rings. The Hall–Kier alpha value is -3.55. The van der Waals surface area contributed by atoms with Crippen LogP contribution in [0.15, 0.2) is 36.7 Å². The van der Waals surface area contributed by atoms with Gasteiger partial charge >= 0.3 is 6.03 Å². The zero-order valence-corrected chi connectivity index (χ0v) is 12.0. The van der Waals surface area contributed by atoms with E-state index in [1.807, 2.05) is 12.1 Å². The zero-order valence-electron chi connectivity index (χ0n) is 12.0. The third kappa shape index (κ3) is 2.64. The van der Waals surface area contributed by atoms with Gasteiger partial charge in [-0.05, 0) is 17.7 Å². The Balaban J connectivity index is 2.17. The third-order valence-corrected chi connectivity index (χ3v) is 3.39. The SMILES string of the molecule is NC(=O)Nc1[nH]c2cc(-c3cncc(N)c3)ccc2c1C(N)=O. The van der Waals surface area contributed by atoms with Crippen LogP contribution < -0.4 is 22.5 Å². The molecule has 0 radical (unpaired) electrons. The third-order valence-electron chi connectivity index (χ3n) is 3.39. The van der Waals surface area contributed by atoms with E-state index in [1.165, 1.54) is 0 Å². The fourth-order valence-electron chi connectivity index (χ4n) is 2.47. The van der Waals surface area contributed by atoms with Gasteiger partial charge in [0.2, 0.25) is 0 Å². The lowest BCUT2D eigenvalue weighted by molar-refractivity contribution is 0.100. The quantitative estimate of drug-likeness (QED) is 0.496. The van der Waals surface area contributed by atoms with E-state index in [1.54, 1.807) is 24.5 Å². The van der Waals surface area contributed by atoms with Crippen molar-refractivity contribution in [2.45, 2.75) is 0 Å². The summed E-state index contributed by atoms with van der Waals surface area (Å²) in [6.07, 6.45) is 3.23. The molecule has 8 nitrogen and oxygen atoms in total. The van der Waals surface area contributed by atoms with Gasteiger partial charge in [-0.1, -0.05) is 12.1 Å². The summed E-state index contributed by atoms with van der Waals surface area (Å²) < 4.78 is 0. The number of aromatic nitrogens is 2. The van der Waals surface area contributed by atoms with Gasteiger partial charge in [-0.25, -0.2) is 4.79 Å². The Labute approximate surface area is 130 Å². The van der Waals surface area contributed by atoms with Gasteiger partial charge in [-0.3, -0.25) is 15.1 Å². The number of nitrogen functional groups attached to an aromatic ring is 1. The minimum absolute atomic E-state index is 0.169. The largest absolute Gasteiger partial charge is 0.397 e. The molecule has 2 heterocycles. The first-order valence-electron chi connectivity index (χ1n) is 6.68. The van der Waals surface area contributed by atoms with Crippen LogP contribution >= 0.6 is 0 Å². The number of anilines is 2. The number of hydrogen-bond donors (Lipinski definition) is 5. The number of pyridine rings is 1. The van der Waals surface area contributed by atoms with E-state index in [0.29, 0.717) is 16.6 Å². The Bertz CT molecular complexity index is 931. The number of nitrogens with zero attached hydrogens (tertiary/aromatic N) is 1. The summed E-state index contributed by atoms with van der Waals surface area (Å²) >= 11 is 0. The van der Waals surface area contributed by atoms with Crippen LogP contribution in [0.1, 0.15) is 10.4 Å². The Morgan fingerprint density at radius 1 is 1.09 bits per heavy atom. The van der Waals surface area contributed by atoms with E-state index in [2.05, 4.69) is 15.3 Å². The van der Waals surface area contributed by atoms with Crippen LogP contribution in [0.25, 0.3) is 22.0 Å². The molecule has 0 fully saturated rings. The lowest BCUT2D eigenvalue weighted by atomic mass is 10.0. The molecular weight excluding hydrogens is 296 g/mol. The standard InChI is InChI=1S/C15H14N6O2/c16-9-3-8(5-19-6-9)7-1-2-10-11(4-7)20-14(21-15(18)23)12(10)13(17)22/h1-6,20H,16H2,(H2,17,22)(H3,18,21,23). The second-order valence-electron chi connectivity index (χ2n) is 5.00. The average molecular weight is 310 g/mol. The Kier molecular flexibility index (Phi) is 3.34. The fourth-order valence-corrected chi connectivity index (χ4v) is 2.47. The lowest BCUT2D eigenvalue weighted by Crippen LogP contribution is -2.22. The van der Waals surface area contributed by atoms with E-state index in [4.69, 9.17) is 17.2 Å². The molecule has 3 aromatic rings. The second kappa shape index (κ2) is 5.34. The number of fused-ring (bicyclic) bond motifs is 1. The highest BCUT2D eigenvalue weighted by molar-refractivity contribution is 6.13. The van der Waals surface area contributed by atoms with Crippen molar-refractivity contribution >= 4 is 34.3 Å². The van der Waals surface area contributed by atoms with Gasteiger partial charge in [0.05, 0.1) is 11.3 Å². The summed E-state index contributed by atoms with van der Waals surface area (Å²) in [4.78, 5) is 29.7. The Morgan fingerprint density at radius 2 is 1.87 bits per heavy atom. The summed E-state index contributed by atoms with van der Waals surface area (Å²) in [5, 5.41) is 2.95. The zero-order chi connectivity index (χ0) is 16.6. The van der Waals surface area contributed by atoms with Crippen molar-refractivity contribution < 1.29 is 9.59 Å². The second-order valence-corrected chi connectivity index (χ2v) is 5.00. The summed E-state index contributed by atoms with van der Waals surface area (Å²) in [5.74, 6) is -0.499. The number of benzene rings is 1. The Morgan fingerprint density at radius 3 is 2.52 bits per heavy atom. The van der Waals surface area contributed by atoms with Crippen LogP contribution in [0.5, 0.6) is 0 Å². The summed E-state index contributed by atoms with van der Waals surface area (Å²) in [7, 11) is 0. The number of rotatable bonds is 3. The molecule has 0 bridgehead atoms. The molecular formula is C15H14N6O2. The van der Waals surface area contributed by atoms with E-state index in [-0.39, 0.29) is 11.4 Å². The molecule has 0 saturated carbocycles. The van der Waals surface area contributed by atoms with Crippen molar-refractivity contribution in [2.24, 2.45) is 11.5 Å². The molecule has 0 unspecified atom stereocenters. The number of amides is 3. The number of H-pyrrole nitrogens is 1. The van der Waals surface area contributed by atoms with Crippen LogP contribution in [-0.4, -0.2) is 21.9 Å². The maximum atomic E-state index is 11.7. The molecule has 0 aliphatic heterocycles. The molecule has 0 spiro atoms. The molecule has 0 aliphatic carbocycles. The monoisotopic (exact) mass is 310 g/mol. The predicted octanol–water partition coefficient (Wildman–Crippen LogP) is 1.40. The van der Waals surface area contributed by atoms with Crippen molar-refractivity contribution in [3.05, 3.63) is 42.2 Å². The van der Waals surface area contributed by atoms with Crippen molar-refractivity contribution in [1.29, 1.82) is 0 Å². The van der Waals surface area contributed by atoms with Crippen LogP contribution in [0.2, 0.25) is 0 Å². The van der Waals surface area contributed by atoms with Crippen LogP contribution in [0.3, 0.4) is 0 Å². The molecule has 116 valence electrons. The first-order chi connectivity index (χ1) is 11.0. The molecule has 0 atom stereocenters. The van der Waals surface area contributed by atoms with Crippen LogP contribution in [0.4, 0.5) is 16.3 Å². The smallest absolute Gasteiger partial charge is 0.317 e. The van der Waals surface area contributed by atoms with E-state index < -0.39 is 11.9 Å². The van der Waals surface area contributed by atoms with Gasteiger partial charge < -0.3 is 22.2 Å². The van der Waals surface area contributed by atoms with Crippen molar-refractivity contribution in [3.8, 4) is 11.1 Å². The van der Waals surface area contributed by atoms with Gasteiger partial charge in [0.25, 0.3) is 5.91 Å². The van der Waals surface area contributed by atoms with Gasteiger partial charge in [0, 0.05) is 28.9 Å².